The van der Waals surface area contributed by atoms with E-state index in [0.717, 1.165) is 5.56 Å². The molecule has 7 heteroatoms. The third-order valence-corrected chi connectivity index (χ3v) is 4.06. The minimum absolute atomic E-state index is 0.219. The molecule has 2 aromatic heterocycles. The normalized spacial score (nSPS) is 10.9. The van der Waals surface area contributed by atoms with Crippen LogP contribution in [0.3, 0.4) is 0 Å². The number of H-pyrrole nitrogens is 1. The maximum absolute atomic E-state index is 12.7. The number of nitrogens with one attached hydrogen (secondary N) is 1. The summed E-state index contributed by atoms with van der Waals surface area (Å²) in [7, 11) is 1.28. The Morgan fingerprint density at radius 1 is 1.39 bits per heavy atom. The summed E-state index contributed by atoms with van der Waals surface area (Å²) in [5.74, 6) is -0.547. The van der Waals surface area contributed by atoms with Crippen molar-refractivity contribution in [2.75, 3.05) is 7.11 Å². The first kappa shape index (κ1) is 15.3. The highest BCUT2D eigenvalue weighted by atomic mass is 35.5. The zero-order chi connectivity index (χ0) is 16.6. The van der Waals surface area contributed by atoms with Crippen LogP contribution in [-0.4, -0.2) is 27.7 Å². The van der Waals surface area contributed by atoms with Gasteiger partial charge in [0.2, 0.25) is 0 Å². The van der Waals surface area contributed by atoms with Gasteiger partial charge >= 0.3 is 5.97 Å². The summed E-state index contributed by atoms with van der Waals surface area (Å²) in [5, 5.41) is 3.34. The van der Waals surface area contributed by atoms with E-state index in [2.05, 4.69) is 10.1 Å². The Hall–Kier alpha value is -2.60. The fourth-order valence-electron chi connectivity index (χ4n) is 2.45. The molecule has 0 unspecified atom stereocenters. The summed E-state index contributed by atoms with van der Waals surface area (Å²) < 4.78 is 5.93. The molecule has 0 spiro atoms. The Bertz CT molecular complexity index is 959. The van der Waals surface area contributed by atoms with E-state index in [1.807, 2.05) is 18.2 Å². The number of esters is 1. The Kier molecular flexibility index (Phi) is 3.92. The lowest BCUT2D eigenvalue weighted by molar-refractivity contribution is 0.0602. The lowest BCUT2D eigenvalue weighted by Gasteiger charge is -2.07. The Morgan fingerprint density at radius 2 is 2.13 bits per heavy atom. The maximum Gasteiger partial charge on any atom is 0.343 e. The molecule has 2 heterocycles. The molecule has 3 rings (SSSR count). The predicted molar refractivity (Wildman–Crippen MR) is 86.1 cm³/mol. The molecule has 6 nitrogen and oxygen atoms in total. The van der Waals surface area contributed by atoms with E-state index in [0.29, 0.717) is 22.7 Å². The molecular formula is C16H14ClN3O3. The summed E-state index contributed by atoms with van der Waals surface area (Å²) in [6.45, 7) is 1.74. The number of methoxy groups -OCH3 is 1. The van der Waals surface area contributed by atoms with Gasteiger partial charge in [0.25, 0.3) is 5.56 Å². The van der Waals surface area contributed by atoms with Crippen LogP contribution in [0.4, 0.5) is 0 Å². The van der Waals surface area contributed by atoms with E-state index in [-0.39, 0.29) is 16.8 Å². The van der Waals surface area contributed by atoms with Gasteiger partial charge in [-0.15, -0.1) is 0 Å². The van der Waals surface area contributed by atoms with Crippen LogP contribution in [0.5, 0.6) is 0 Å². The van der Waals surface area contributed by atoms with Crippen molar-refractivity contribution in [2.24, 2.45) is 0 Å². The molecule has 1 N–H and O–H groups in total. The molecule has 0 radical (unpaired) electrons. The minimum Gasteiger partial charge on any atom is -0.465 e. The van der Waals surface area contributed by atoms with Crippen LogP contribution in [0.1, 0.15) is 27.2 Å². The first-order valence-corrected chi connectivity index (χ1v) is 7.32. The molecule has 0 amide bonds. The number of benzene rings is 1. The lowest BCUT2D eigenvalue weighted by atomic mass is 10.1. The molecule has 3 aromatic rings. The van der Waals surface area contributed by atoms with Crippen molar-refractivity contribution in [1.82, 2.24) is 14.6 Å². The first-order valence-electron chi connectivity index (χ1n) is 6.94. The minimum atomic E-state index is -0.547. The van der Waals surface area contributed by atoms with Crippen molar-refractivity contribution in [2.45, 2.75) is 13.3 Å². The standard InChI is InChI=1S/C16H14ClN3O3/c1-9-11(7-10-5-3-4-6-13(10)17)15(21)20-14(19-9)12(8-18-20)16(22)23-2/h3-6,8,18H,7H2,1-2H3. The van der Waals surface area contributed by atoms with Gasteiger partial charge in [-0.1, -0.05) is 29.8 Å². The number of nitrogens with zero attached hydrogens (tertiary/aromatic N) is 2. The highest BCUT2D eigenvalue weighted by molar-refractivity contribution is 6.31. The lowest BCUT2D eigenvalue weighted by Crippen LogP contribution is -2.22. The fourth-order valence-corrected chi connectivity index (χ4v) is 2.65. The van der Waals surface area contributed by atoms with Crippen LogP contribution >= 0.6 is 11.6 Å². The van der Waals surface area contributed by atoms with Crippen LogP contribution in [0.2, 0.25) is 5.02 Å². The molecule has 0 aliphatic rings. The summed E-state index contributed by atoms with van der Waals surface area (Å²) in [6, 6.07) is 7.34. The molecule has 0 bridgehead atoms. The quantitative estimate of drug-likeness (QED) is 0.747. The van der Waals surface area contributed by atoms with Crippen molar-refractivity contribution in [3.8, 4) is 0 Å². The number of aryl methyl sites for hydroxylation is 1. The number of fused-ring (bicyclic) bond motifs is 1. The highest BCUT2D eigenvalue weighted by Crippen LogP contribution is 2.19. The smallest absolute Gasteiger partial charge is 0.343 e. The van der Waals surface area contributed by atoms with E-state index in [9.17, 15) is 9.59 Å². The Labute approximate surface area is 136 Å². The number of aromatic nitrogens is 3. The second-order valence-electron chi connectivity index (χ2n) is 5.09. The second-order valence-corrected chi connectivity index (χ2v) is 5.49. The monoisotopic (exact) mass is 331 g/mol. The van der Waals surface area contributed by atoms with Crippen LogP contribution in [0.15, 0.2) is 35.3 Å². The molecule has 1 aromatic carbocycles. The Balaban J connectivity index is 2.15. The summed E-state index contributed by atoms with van der Waals surface area (Å²) in [5.41, 5.74) is 2.13. The first-order chi connectivity index (χ1) is 11.0. The van der Waals surface area contributed by atoms with Crippen LogP contribution in [-0.2, 0) is 11.2 Å². The van der Waals surface area contributed by atoms with Gasteiger partial charge in [0.15, 0.2) is 5.65 Å². The van der Waals surface area contributed by atoms with Gasteiger partial charge < -0.3 is 4.74 Å². The number of hydrogen-bond donors (Lipinski definition) is 1. The van der Waals surface area contributed by atoms with Crippen molar-refractivity contribution in [3.05, 3.63) is 68.2 Å². The predicted octanol–water partition coefficient (Wildman–Crippen LogP) is 2.36. The molecule has 0 fully saturated rings. The largest absolute Gasteiger partial charge is 0.465 e. The van der Waals surface area contributed by atoms with Gasteiger partial charge in [-0.2, -0.15) is 0 Å². The number of carbonyl (C=O) groups excluding carboxylic acids is 1. The average molecular weight is 332 g/mol. The molecule has 0 saturated carbocycles. The number of aromatic amines is 1. The topological polar surface area (TPSA) is 76.5 Å². The number of hydrogen-bond acceptors (Lipinski definition) is 4. The fraction of sp³-hybridized carbons (Fsp3) is 0.188. The zero-order valence-corrected chi connectivity index (χ0v) is 13.3. The summed E-state index contributed by atoms with van der Waals surface area (Å²) in [6.07, 6.45) is 1.78. The molecule has 0 atom stereocenters. The molecule has 23 heavy (non-hydrogen) atoms. The van der Waals surface area contributed by atoms with Gasteiger partial charge in [0.05, 0.1) is 7.11 Å². The molecule has 0 saturated heterocycles. The third kappa shape index (κ3) is 2.61. The van der Waals surface area contributed by atoms with Gasteiger partial charge in [0, 0.05) is 28.9 Å². The van der Waals surface area contributed by atoms with E-state index >= 15 is 0 Å². The van der Waals surface area contributed by atoms with E-state index in [4.69, 9.17) is 16.3 Å². The van der Waals surface area contributed by atoms with E-state index < -0.39 is 5.97 Å². The number of halogens is 1. The van der Waals surface area contributed by atoms with Gasteiger partial charge in [-0.3, -0.25) is 9.89 Å². The molecular weight excluding hydrogens is 318 g/mol. The van der Waals surface area contributed by atoms with Gasteiger partial charge in [-0.05, 0) is 18.6 Å². The highest BCUT2D eigenvalue weighted by Gasteiger charge is 2.18. The van der Waals surface area contributed by atoms with Crippen LogP contribution in [0, 0.1) is 6.92 Å². The summed E-state index contributed by atoms with van der Waals surface area (Å²) in [4.78, 5) is 28.8. The molecule has 0 aliphatic carbocycles. The van der Waals surface area contributed by atoms with Gasteiger partial charge in [-0.25, -0.2) is 14.3 Å². The van der Waals surface area contributed by atoms with E-state index in [1.165, 1.54) is 17.8 Å². The third-order valence-electron chi connectivity index (χ3n) is 3.69. The number of rotatable bonds is 3. The van der Waals surface area contributed by atoms with E-state index in [1.54, 1.807) is 13.0 Å². The van der Waals surface area contributed by atoms with Crippen molar-refractivity contribution in [1.29, 1.82) is 0 Å². The number of carbonyl (C=O) groups is 1. The van der Waals surface area contributed by atoms with Crippen molar-refractivity contribution in [3.63, 3.8) is 0 Å². The molecule has 118 valence electrons. The van der Waals surface area contributed by atoms with Gasteiger partial charge in [0.1, 0.15) is 5.56 Å². The van der Waals surface area contributed by atoms with Crippen molar-refractivity contribution >= 4 is 23.2 Å². The number of ether oxygens (including phenoxy) is 1. The average Bonchev–Trinajstić information content (AvgIpc) is 2.96. The maximum atomic E-state index is 12.7. The van der Waals surface area contributed by atoms with Crippen molar-refractivity contribution < 1.29 is 9.53 Å². The Morgan fingerprint density at radius 3 is 2.83 bits per heavy atom. The SMILES string of the molecule is COC(=O)c1c[nH]n2c(=O)c(Cc3ccccc3Cl)c(C)nc12. The second kappa shape index (κ2) is 5.89. The molecule has 0 aliphatic heterocycles. The summed E-state index contributed by atoms with van der Waals surface area (Å²) >= 11 is 6.16. The van der Waals surface area contributed by atoms with Crippen LogP contribution < -0.4 is 5.56 Å². The zero-order valence-electron chi connectivity index (χ0n) is 12.6. The van der Waals surface area contributed by atoms with Crippen LogP contribution in [0.25, 0.3) is 5.65 Å².